The molecule has 6 nitrogen and oxygen atoms in total. The van der Waals surface area contributed by atoms with E-state index in [0.29, 0.717) is 0 Å². The van der Waals surface area contributed by atoms with Crippen molar-refractivity contribution in [3.8, 4) is 22.8 Å². The van der Waals surface area contributed by atoms with Crippen LogP contribution in [-0.2, 0) is 5.41 Å². The lowest BCUT2D eigenvalue weighted by Crippen LogP contribution is -2.22. The molecule has 6 aromatic rings. The monoisotopic (exact) mass is 430 g/mol. The van der Waals surface area contributed by atoms with E-state index >= 15 is 0 Å². The lowest BCUT2D eigenvalue weighted by atomic mass is 9.84. The summed E-state index contributed by atoms with van der Waals surface area (Å²) >= 11 is 0. The molecule has 6 heteroatoms. The molecular weight excluding hydrogens is 408 g/mol. The quantitative estimate of drug-likeness (QED) is 0.374. The molecule has 0 aliphatic heterocycles. The molecule has 0 N–H and O–H groups in total. The van der Waals surface area contributed by atoms with E-state index in [0.717, 1.165) is 45.2 Å². The fourth-order valence-corrected chi connectivity index (χ4v) is 4.11. The Bertz CT molecular complexity index is 1420. The number of hydrogen-bond acceptors (Lipinski definition) is 4. The van der Waals surface area contributed by atoms with Gasteiger partial charge in [-0.1, -0.05) is 24.3 Å². The van der Waals surface area contributed by atoms with Crippen molar-refractivity contribution in [3.63, 3.8) is 0 Å². The highest BCUT2D eigenvalue weighted by Crippen LogP contribution is 2.32. The highest BCUT2D eigenvalue weighted by molar-refractivity contribution is 5.64. The molecule has 0 saturated heterocycles. The largest absolute Gasteiger partial charge is 0.250 e. The van der Waals surface area contributed by atoms with Gasteiger partial charge in [0.2, 0.25) is 0 Å². The Balaban J connectivity index is 1.39. The van der Waals surface area contributed by atoms with Crippen LogP contribution in [0.2, 0.25) is 0 Å². The zero-order valence-electron chi connectivity index (χ0n) is 18.4. The van der Waals surface area contributed by atoms with E-state index in [9.17, 15) is 0 Å². The first kappa shape index (κ1) is 19.4. The highest BCUT2D eigenvalue weighted by atomic mass is 15.2. The Kier molecular flexibility index (Phi) is 4.33. The van der Waals surface area contributed by atoms with Crippen LogP contribution in [0.15, 0.2) is 97.3 Å². The number of nitrogens with zero attached hydrogens (tertiary/aromatic N) is 6. The van der Waals surface area contributed by atoms with Crippen LogP contribution in [0.4, 0.5) is 0 Å². The first-order valence-electron chi connectivity index (χ1n) is 10.9. The van der Waals surface area contributed by atoms with Crippen LogP contribution in [-0.4, -0.2) is 29.2 Å². The number of pyridine rings is 4. The molecule has 0 aromatic carbocycles. The SMILES string of the molecule is CC(C)(c1cccc(-c2cc3ccccn3n2)n1)c1cccc(-c2cc3ccccn3n2)n1. The molecular formula is C27H22N6. The summed E-state index contributed by atoms with van der Waals surface area (Å²) in [5.41, 5.74) is 6.97. The standard InChI is InChI=1S/C27H22N6/c1-27(2,25-13-7-11-21(28-25)23-17-19-9-3-5-15-32(19)30-23)26-14-8-12-22(29-26)24-18-20-10-4-6-16-33(20)31-24/h3-18H,1-2H3. The van der Waals surface area contributed by atoms with Gasteiger partial charge in [-0.15, -0.1) is 0 Å². The summed E-state index contributed by atoms with van der Waals surface area (Å²) < 4.78 is 3.74. The van der Waals surface area contributed by atoms with E-state index in [1.165, 1.54) is 0 Å². The van der Waals surface area contributed by atoms with Gasteiger partial charge in [0.25, 0.3) is 0 Å². The molecule has 6 rings (SSSR count). The van der Waals surface area contributed by atoms with Crippen molar-refractivity contribution in [2.45, 2.75) is 19.3 Å². The third kappa shape index (κ3) is 3.36. The zero-order chi connectivity index (χ0) is 22.4. The number of aromatic nitrogens is 6. The number of fused-ring (bicyclic) bond motifs is 2. The summed E-state index contributed by atoms with van der Waals surface area (Å²) in [4.78, 5) is 9.98. The maximum absolute atomic E-state index is 4.99. The molecule has 0 atom stereocenters. The lowest BCUT2D eigenvalue weighted by molar-refractivity contribution is 0.596. The number of rotatable bonds is 4. The summed E-state index contributed by atoms with van der Waals surface area (Å²) in [6, 6.07) is 28.3. The fraction of sp³-hybridized carbons (Fsp3) is 0.111. The van der Waals surface area contributed by atoms with Gasteiger partial charge in [-0.05, 0) is 74.5 Å². The van der Waals surface area contributed by atoms with Gasteiger partial charge in [-0.3, -0.25) is 9.97 Å². The molecule has 0 fully saturated rings. The highest BCUT2D eigenvalue weighted by Gasteiger charge is 2.27. The summed E-state index contributed by atoms with van der Waals surface area (Å²) in [7, 11) is 0. The molecule has 6 heterocycles. The molecule has 0 bridgehead atoms. The Morgan fingerprint density at radius 1 is 0.545 bits per heavy atom. The minimum absolute atomic E-state index is 0.398. The van der Waals surface area contributed by atoms with Gasteiger partial charge in [-0.2, -0.15) is 10.2 Å². The number of hydrogen-bond donors (Lipinski definition) is 0. The summed E-state index contributed by atoms with van der Waals surface area (Å²) in [5, 5.41) is 9.36. The fourth-order valence-electron chi connectivity index (χ4n) is 4.11. The third-order valence-electron chi connectivity index (χ3n) is 6.04. The average Bonchev–Trinajstić information content (AvgIpc) is 3.49. The normalized spacial score (nSPS) is 11.9. The zero-order valence-corrected chi connectivity index (χ0v) is 18.4. The predicted molar refractivity (Wildman–Crippen MR) is 129 cm³/mol. The van der Waals surface area contributed by atoms with Gasteiger partial charge < -0.3 is 0 Å². The van der Waals surface area contributed by atoms with Crippen molar-refractivity contribution in [2.75, 3.05) is 0 Å². The third-order valence-corrected chi connectivity index (χ3v) is 6.04. The molecule has 33 heavy (non-hydrogen) atoms. The first-order valence-corrected chi connectivity index (χ1v) is 10.9. The Labute approximate surface area is 191 Å². The van der Waals surface area contributed by atoms with Crippen LogP contribution in [0.1, 0.15) is 25.2 Å². The van der Waals surface area contributed by atoms with E-state index in [2.05, 4.69) is 48.3 Å². The van der Waals surface area contributed by atoms with Crippen molar-refractivity contribution in [3.05, 3.63) is 109 Å². The molecule has 160 valence electrons. The van der Waals surface area contributed by atoms with Crippen molar-refractivity contribution < 1.29 is 0 Å². The van der Waals surface area contributed by atoms with Gasteiger partial charge >= 0.3 is 0 Å². The van der Waals surface area contributed by atoms with Crippen molar-refractivity contribution in [2.24, 2.45) is 0 Å². The van der Waals surface area contributed by atoms with Crippen molar-refractivity contribution >= 4 is 11.0 Å². The van der Waals surface area contributed by atoms with Gasteiger partial charge in [0.05, 0.1) is 33.8 Å². The molecule has 0 spiro atoms. The maximum Gasteiger partial charge on any atom is 0.112 e. The Morgan fingerprint density at radius 3 is 1.48 bits per heavy atom. The van der Waals surface area contributed by atoms with Crippen LogP contribution in [0.5, 0.6) is 0 Å². The maximum atomic E-state index is 4.99. The topological polar surface area (TPSA) is 60.4 Å². The minimum Gasteiger partial charge on any atom is -0.250 e. The molecule has 0 saturated carbocycles. The van der Waals surface area contributed by atoms with Gasteiger partial charge in [0.15, 0.2) is 0 Å². The molecule has 0 unspecified atom stereocenters. The second-order valence-electron chi connectivity index (χ2n) is 8.64. The van der Waals surface area contributed by atoms with Crippen molar-refractivity contribution in [1.82, 2.24) is 29.2 Å². The van der Waals surface area contributed by atoms with Crippen LogP contribution in [0, 0.1) is 0 Å². The summed E-state index contributed by atoms with van der Waals surface area (Å²) in [5.74, 6) is 0. The molecule has 0 aliphatic carbocycles. The van der Waals surface area contributed by atoms with Gasteiger partial charge in [0, 0.05) is 17.8 Å². The summed E-state index contributed by atoms with van der Waals surface area (Å²) in [6.45, 7) is 4.30. The second kappa shape index (κ2) is 7.38. The first-order chi connectivity index (χ1) is 16.1. The van der Waals surface area contributed by atoms with E-state index < -0.39 is 5.41 Å². The summed E-state index contributed by atoms with van der Waals surface area (Å²) in [6.07, 6.45) is 3.89. The van der Waals surface area contributed by atoms with E-state index in [-0.39, 0.29) is 0 Å². The van der Waals surface area contributed by atoms with Gasteiger partial charge in [0.1, 0.15) is 11.4 Å². The molecule has 0 aliphatic rings. The van der Waals surface area contributed by atoms with Crippen LogP contribution in [0.3, 0.4) is 0 Å². The second-order valence-corrected chi connectivity index (χ2v) is 8.64. The molecule has 0 radical (unpaired) electrons. The van der Waals surface area contributed by atoms with Crippen LogP contribution < -0.4 is 0 Å². The van der Waals surface area contributed by atoms with Crippen LogP contribution >= 0.6 is 0 Å². The van der Waals surface area contributed by atoms with Gasteiger partial charge in [-0.25, -0.2) is 9.03 Å². The molecule has 0 amide bonds. The van der Waals surface area contributed by atoms with E-state index in [4.69, 9.17) is 9.97 Å². The van der Waals surface area contributed by atoms with Crippen LogP contribution in [0.25, 0.3) is 33.8 Å². The minimum atomic E-state index is -0.398. The Hall–Kier alpha value is -4.32. The van der Waals surface area contributed by atoms with E-state index in [1.807, 2.05) is 82.1 Å². The van der Waals surface area contributed by atoms with E-state index in [1.54, 1.807) is 0 Å². The molecule has 6 aromatic heterocycles. The Morgan fingerprint density at radius 2 is 1.03 bits per heavy atom. The lowest BCUT2D eigenvalue weighted by Gasteiger charge is -2.24. The van der Waals surface area contributed by atoms with Crippen molar-refractivity contribution in [1.29, 1.82) is 0 Å². The average molecular weight is 431 g/mol. The smallest absolute Gasteiger partial charge is 0.112 e. The predicted octanol–water partition coefficient (Wildman–Crippen LogP) is 5.43.